The lowest BCUT2D eigenvalue weighted by Crippen LogP contribution is -2.42. The van der Waals surface area contributed by atoms with Crippen molar-refractivity contribution in [1.29, 1.82) is 0 Å². The molecular formula is C23H22ClFN4O3S. The molecule has 0 unspecified atom stereocenters. The van der Waals surface area contributed by atoms with Crippen LogP contribution in [0.25, 0.3) is 0 Å². The first-order valence-corrected chi connectivity index (χ1v) is 11.3. The summed E-state index contributed by atoms with van der Waals surface area (Å²) in [5.74, 6) is -1.47. The van der Waals surface area contributed by atoms with Gasteiger partial charge in [-0.3, -0.25) is 14.4 Å². The Morgan fingerprint density at radius 1 is 1.06 bits per heavy atom. The second kappa shape index (κ2) is 11.0. The van der Waals surface area contributed by atoms with Crippen molar-refractivity contribution in [2.45, 2.75) is 26.3 Å². The van der Waals surface area contributed by atoms with E-state index in [0.29, 0.717) is 27.1 Å². The number of nitrogens with one attached hydrogen (secondary N) is 2. The Morgan fingerprint density at radius 2 is 1.76 bits per heavy atom. The standard InChI is InChI=1S/C23H22ClFN4O3S/c1-14(2)29(22(32)18-5-3-4-6-19(18)24)12-21(31)28-23-27-17(13-33-23)11-20(30)26-16-9-7-15(25)8-10-16/h3-10,13-14H,11-12H2,1-2H3,(H,26,30)(H,27,28,31). The van der Waals surface area contributed by atoms with E-state index in [9.17, 15) is 18.8 Å². The summed E-state index contributed by atoms with van der Waals surface area (Å²) in [6.07, 6.45) is -0.00709. The number of hydrogen-bond donors (Lipinski definition) is 2. The number of thiazole rings is 1. The van der Waals surface area contributed by atoms with Crippen molar-refractivity contribution in [3.05, 3.63) is 76.0 Å². The summed E-state index contributed by atoms with van der Waals surface area (Å²) in [7, 11) is 0. The fourth-order valence-corrected chi connectivity index (χ4v) is 3.88. The van der Waals surface area contributed by atoms with Gasteiger partial charge in [-0.15, -0.1) is 11.3 Å². The molecule has 0 fully saturated rings. The van der Waals surface area contributed by atoms with Crippen LogP contribution in [-0.2, 0) is 16.0 Å². The third-order valence-electron chi connectivity index (χ3n) is 4.57. The van der Waals surface area contributed by atoms with Crippen LogP contribution in [0.5, 0.6) is 0 Å². The zero-order valence-corrected chi connectivity index (χ0v) is 19.5. The molecule has 3 amide bonds. The molecule has 0 atom stereocenters. The number of carbonyl (C=O) groups excluding carboxylic acids is 3. The zero-order valence-electron chi connectivity index (χ0n) is 18.0. The third-order valence-corrected chi connectivity index (χ3v) is 5.71. The maximum absolute atomic E-state index is 13.0. The second-order valence-corrected chi connectivity index (χ2v) is 8.70. The summed E-state index contributed by atoms with van der Waals surface area (Å²) >= 11 is 7.30. The molecule has 7 nitrogen and oxygen atoms in total. The molecule has 172 valence electrons. The number of rotatable bonds is 8. The van der Waals surface area contributed by atoms with E-state index in [1.807, 2.05) is 13.8 Å². The second-order valence-electron chi connectivity index (χ2n) is 7.43. The molecule has 33 heavy (non-hydrogen) atoms. The minimum Gasteiger partial charge on any atom is -0.327 e. The van der Waals surface area contributed by atoms with Crippen molar-refractivity contribution in [3.63, 3.8) is 0 Å². The van der Waals surface area contributed by atoms with Gasteiger partial charge in [0.05, 0.1) is 22.7 Å². The van der Waals surface area contributed by atoms with Crippen molar-refractivity contribution >= 4 is 51.5 Å². The molecule has 0 saturated heterocycles. The Kier molecular flexibility index (Phi) is 8.13. The van der Waals surface area contributed by atoms with Crippen LogP contribution in [-0.4, -0.2) is 40.2 Å². The predicted octanol–water partition coefficient (Wildman–Crippen LogP) is 4.61. The van der Waals surface area contributed by atoms with Gasteiger partial charge in [0, 0.05) is 17.1 Å². The molecule has 0 spiro atoms. The van der Waals surface area contributed by atoms with Crippen molar-refractivity contribution in [2.24, 2.45) is 0 Å². The number of amides is 3. The number of aromatic nitrogens is 1. The van der Waals surface area contributed by atoms with Crippen LogP contribution in [0.15, 0.2) is 53.9 Å². The topological polar surface area (TPSA) is 91.4 Å². The lowest BCUT2D eigenvalue weighted by atomic mass is 10.1. The van der Waals surface area contributed by atoms with Gasteiger partial charge in [-0.1, -0.05) is 23.7 Å². The van der Waals surface area contributed by atoms with Crippen molar-refractivity contribution in [2.75, 3.05) is 17.2 Å². The molecule has 1 heterocycles. The number of halogens is 2. The van der Waals surface area contributed by atoms with Crippen LogP contribution < -0.4 is 10.6 Å². The van der Waals surface area contributed by atoms with Crippen LogP contribution in [0.4, 0.5) is 15.2 Å². The van der Waals surface area contributed by atoms with E-state index in [1.165, 1.54) is 40.5 Å². The summed E-state index contributed by atoms with van der Waals surface area (Å²) in [6.45, 7) is 3.44. The first-order chi connectivity index (χ1) is 15.7. The fourth-order valence-electron chi connectivity index (χ4n) is 2.94. The van der Waals surface area contributed by atoms with Gasteiger partial charge >= 0.3 is 0 Å². The lowest BCUT2D eigenvalue weighted by molar-refractivity contribution is -0.117. The van der Waals surface area contributed by atoms with E-state index in [2.05, 4.69) is 15.6 Å². The van der Waals surface area contributed by atoms with Crippen LogP contribution >= 0.6 is 22.9 Å². The maximum Gasteiger partial charge on any atom is 0.256 e. The molecule has 2 N–H and O–H groups in total. The van der Waals surface area contributed by atoms with Crippen molar-refractivity contribution in [3.8, 4) is 0 Å². The van der Waals surface area contributed by atoms with Crippen molar-refractivity contribution < 1.29 is 18.8 Å². The minimum atomic E-state index is -0.416. The zero-order chi connectivity index (χ0) is 24.0. The van der Waals surface area contributed by atoms with E-state index in [0.717, 1.165) is 0 Å². The monoisotopic (exact) mass is 488 g/mol. The molecule has 2 aromatic carbocycles. The minimum absolute atomic E-state index is 0.00709. The summed E-state index contributed by atoms with van der Waals surface area (Å²) in [5.41, 5.74) is 1.27. The lowest BCUT2D eigenvalue weighted by Gasteiger charge is -2.26. The number of carbonyl (C=O) groups is 3. The quantitative estimate of drug-likeness (QED) is 0.484. The smallest absolute Gasteiger partial charge is 0.256 e. The molecule has 3 aromatic rings. The Morgan fingerprint density at radius 3 is 2.42 bits per heavy atom. The Labute approximate surface area is 199 Å². The average Bonchev–Trinajstić information content (AvgIpc) is 3.19. The average molecular weight is 489 g/mol. The highest BCUT2D eigenvalue weighted by atomic mass is 35.5. The van der Waals surface area contributed by atoms with Gasteiger partial charge in [0.2, 0.25) is 11.8 Å². The molecule has 0 aliphatic carbocycles. The van der Waals surface area contributed by atoms with Crippen LogP contribution in [0, 0.1) is 5.82 Å². The van der Waals surface area contributed by atoms with E-state index >= 15 is 0 Å². The Bertz CT molecular complexity index is 1150. The number of hydrogen-bond acceptors (Lipinski definition) is 5. The molecule has 0 bridgehead atoms. The van der Waals surface area contributed by atoms with E-state index in [1.54, 1.807) is 29.6 Å². The first kappa shape index (κ1) is 24.3. The number of anilines is 2. The number of nitrogens with zero attached hydrogens (tertiary/aromatic N) is 2. The van der Waals surface area contributed by atoms with Gasteiger partial charge in [-0.05, 0) is 50.2 Å². The number of benzene rings is 2. The molecule has 0 aliphatic heterocycles. The summed E-state index contributed by atoms with van der Waals surface area (Å²) in [6, 6.07) is 11.9. The highest BCUT2D eigenvalue weighted by molar-refractivity contribution is 7.13. The molecule has 0 radical (unpaired) electrons. The molecule has 1 aromatic heterocycles. The molecular weight excluding hydrogens is 467 g/mol. The van der Waals surface area contributed by atoms with Gasteiger partial charge in [0.25, 0.3) is 5.91 Å². The fraction of sp³-hybridized carbons (Fsp3) is 0.217. The Hall–Kier alpha value is -3.30. The highest BCUT2D eigenvalue weighted by Crippen LogP contribution is 2.20. The van der Waals surface area contributed by atoms with Crippen molar-refractivity contribution in [1.82, 2.24) is 9.88 Å². The van der Waals surface area contributed by atoms with Gasteiger partial charge in [-0.25, -0.2) is 9.37 Å². The van der Waals surface area contributed by atoms with Gasteiger partial charge in [-0.2, -0.15) is 0 Å². The summed E-state index contributed by atoms with van der Waals surface area (Å²) in [5, 5.41) is 7.62. The van der Waals surface area contributed by atoms with Gasteiger partial charge in [0.15, 0.2) is 5.13 Å². The SMILES string of the molecule is CC(C)N(CC(=O)Nc1nc(CC(=O)Nc2ccc(F)cc2)cs1)C(=O)c1ccccc1Cl. The van der Waals surface area contributed by atoms with Crippen LogP contribution in [0.2, 0.25) is 5.02 Å². The van der Waals surface area contributed by atoms with Crippen LogP contribution in [0.1, 0.15) is 29.9 Å². The molecule has 3 rings (SSSR count). The normalized spacial score (nSPS) is 10.7. The first-order valence-electron chi connectivity index (χ1n) is 10.1. The van der Waals surface area contributed by atoms with E-state index < -0.39 is 11.7 Å². The molecule has 10 heteroatoms. The summed E-state index contributed by atoms with van der Waals surface area (Å²) < 4.78 is 13.0. The van der Waals surface area contributed by atoms with E-state index in [4.69, 9.17) is 11.6 Å². The third kappa shape index (κ3) is 6.84. The Balaban J connectivity index is 1.57. The predicted molar refractivity (Wildman–Crippen MR) is 127 cm³/mol. The largest absolute Gasteiger partial charge is 0.327 e. The van der Waals surface area contributed by atoms with E-state index in [-0.39, 0.29) is 30.8 Å². The highest BCUT2D eigenvalue weighted by Gasteiger charge is 2.23. The van der Waals surface area contributed by atoms with Crippen LogP contribution in [0.3, 0.4) is 0 Å². The molecule has 0 aliphatic rings. The van der Waals surface area contributed by atoms with Gasteiger partial charge < -0.3 is 15.5 Å². The van der Waals surface area contributed by atoms with Gasteiger partial charge in [0.1, 0.15) is 12.4 Å². The molecule has 0 saturated carbocycles. The maximum atomic E-state index is 13.0. The summed E-state index contributed by atoms with van der Waals surface area (Å²) in [4.78, 5) is 43.3.